The number of benzene rings is 1. The third-order valence-corrected chi connectivity index (χ3v) is 4.48. The molecule has 0 aliphatic carbocycles. The number of aryl methyl sites for hydroxylation is 1. The summed E-state index contributed by atoms with van der Waals surface area (Å²) in [5.41, 5.74) is 1.80. The Morgan fingerprint density at radius 2 is 1.90 bits per heavy atom. The second kappa shape index (κ2) is 5.76. The van der Waals surface area contributed by atoms with Crippen LogP contribution in [0.4, 0.5) is 0 Å². The van der Waals surface area contributed by atoms with Gasteiger partial charge in [0.15, 0.2) is 5.78 Å². The van der Waals surface area contributed by atoms with Crippen molar-refractivity contribution in [2.75, 3.05) is 0 Å². The summed E-state index contributed by atoms with van der Waals surface area (Å²) >= 11 is 0. The quantitative estimate of drug-likeness (QED) is 0.848. The second-order valence-electron chi connectivity index (χ2n) is 5.75. The highest BCUT2D eigenvalue weighted by Crippen LogP contribution is 2.36. The average Bonchev–Trinajstić information content (AvgIpc) is 2.66. The lowest BCUT2D eigenvalue weighted by atomic mass is 9.78. The summed E-state index contributed by atoms with van der Waals surface area (Å²) < 4.78 is 5.74. The number of rotatable bonds is 3. The van der Waals surface area contributed by atoms with Gasteiger partial charge in [0.2, 0.25) is 0 Å². The van der Waals surface area contributed by atoms with E-state index in [1.807, 2.05) is 52.0 Å². The van der Waals surface area contributed by atoms with Crippen LogP contribution in [0.2, 0.25) is 0 Å². The first kappa shape index (κ1) is 14.7. The first-order valence-corrected chi connectivity index (χ1v) is 7.11. The largest absolute Gasteiger partial charge is 0.375 e. The Kier molecular flexibility index (Phi) is 4.25. The molecule has 0 saturated carbocycles. The van der Waals surface area contributed by atoms with Crippen LogP contribution in [0.25, 0.3) is 0 Å². The summed E-state index contributed by atoms with van der Waals surface area (Å²) in [6.45, 7) is 7.88. The number of hydrogen-bond acceptors (Lipinski definition) is 3. The van der Waals surface area contributed by atoms with Crippen molar-refractivity contribution in [2.24, 2.45) is 11.8 Å². The minimum atomic E-state index is -0.694. The highest BCUT2D eigenvalue weighted by Gasteiger charge is 2.44. The fourth-order valence-corrected chi connectivity index (χ4v) is 3.15. The highest BCUT2D eigenvalue weighted by molar-refractivity contribution is 5.91. The van der Waals surface area contributed by atoms with Gasteiger partial charge >= 0.3 is 0 Å². The number of carbonyl (C=O) groups excluding carboxylic acids is 1. The van der Waals surface area contributed by atoms with Crippen LogP contribution < -0.4 is 0 Å². The van der Waals surface area contributed by atoms with Crippen LogP contribution in [0.1, 0.15) is 37.8 Å². The molecule has 1 heterocycles. The number of nitrogens with zero attached hydrogens (tertiary/aromatic N) is 1. The van der Waals surface area contributed by atoms with Gasteiger partial charge in [0, 0.05) is 0 Å². The van der Waals surface area contributed by atoms with E-state index in [1.54, 1.807) is 0 Å². The van der Waals surface area contributed by atoms with Gasteiger partial charge in [-0.05, 0) is 37.8 Å². The van der Waals surface area contributed by atoms with Gasteiger partial charge in [-0.25, -0.2) is 0 Å². The van der Waals surface area contributed by atoms with E-state index in [9.17, 15) is 10.1 Å². The summed E-state index contributed by atoms with van der Waals surface area (Å²) in [7, 11) is 0. The van der Waals surface area contributed by atoms with Gasteiger partial charge in [-0.1, -0.05) is 31.2 Å². The minimum Gasteiger partial charge on any atom is -0.375 e. The number of hydrogen-bond donors (Lipinski definition) is 0. The van der Waals surface area contributed by atoms with E-state index in [0.717, 1.165) is 11.1 Å². The van der Waals surface area contributed by atoms with Gasteiger partial charge in [-0.15, -0.1) is 0 Å². The SMILES string of the molecule is Cc1ccccc1C(C#N)C(=O)C1C(C)OC(C)C1C. The lowest BCUT2D eigenvalue weighted by Gasteiger charge is -2.21. The molecule has 1 saturated heterocycles. The molecule has 0 spiro atoms. The Morgan fingerprint density at radius 3 is 2.40 bits per heavy atom. The highest BCUT2D eigenvalue weighted by atomic mass is 16.5. The van der Waals surface area contributed by atoms with Gasteiger partial charge in [-0.3, -0.25) is 4.79 Å². The van der Waals surface area contributed by atoms with E-state index >= 15 is 0 Å². The predicted molar refractivity (Wildman–Crippen MR) is 77.2 cm³/mol. The molecule has 5 unspecified atom stereocenters. The van der Waals surface area contributed by atoms with Crippen molar-refractivity contribution < 1.29 is 9.53 Å². The lowest BCUT2D eigenvalue weighted by molar-refractivity contribution is -0.125. The number of Topliss-reactive ketones (excluding diaryl/α,β-unsaturated/α-hetero) is 1. The van der Waals surface area contributed by atoms with Crippen molar-refractivity contribution in [3.05, 3.63) is 35.4 Å². The van der Waals surface area contributed by atoms with E-state index in [4.69, 9.17) is 4.74 Å². The summed E-state index contributed by atoms with van der Waals surface area (Å²) in [4.78, 5) is 12.8. The molecule has 1 aromatic rings. The molecule has 1 aliphatic heterocycles. The van der Waals surface area contributed by atoms with E-state index in [2.05, 4.69) is 6.07 Å². The van der Waals surface area contributed by atoms with Gasteiger partial charge in [0.25, 0.3) is 0 Å². The zero-order valence-electron chi connectivity index (χ0n) is 12.5. The molecule has 0 radical (unpaired) electrons. The van der Waals surface area contributed by atoms with E-state index < -0.39 is 5.92 Å². The Morgan fingerprint density at radius 1 is 1.25 bits per heavy atom. The fourth-order valence-electron chi connectivity index (χ4n) is 3.15. The third-order valence-electron chi connectivity index (χ3n) is 4.48. The number of ether oxygens (including phenoxy) is 1. The number of carbonyl (C=O) groups is 1. The van der Waals surface area contributed by atoms with Gasteiger partial charge in [0.05, 0.1) is 24.2 Å². The van der Waals surface area contributed by atoms with Crippen LogP contribution in [-0.2, 0) is 9.53 Å². The summed E-state index contributed by atoms with van der Waals surface area (Å²) in [6, 6.07) is 9.79. The molecule has 1 aliphatic rings. The van der Waals surface area contributed by atoms with Crippen molar-refractivity contribution in [3.8, 4) is 6.07 Å². The first-order valence-electron chi connectivity index (χ1n) is 7.11. The number of ketones is 1. The maximum absolute atomic E-state index is 12.8. The Hall–Kier alpha value is -1.66. The molecule has 5 atom stereocenters. The third kappa shape index (κ3) is 2.48. The van der Waals surface area contributed by atoms with Gasteiger partial charge in [-0.2, -0.15) is 5.26 Å². The van der Waals surface area contributed by atoms with Crippen molar-refractivity contribution >= 4 is 5.78 Å². The standard InChI is InChI=1S/C17H21NO2/c1-10-7-5-6-8-14(10)15(9-18)17(19)16-11(2)12(3)20-13(16)4/h5-8,11-13,15-16H,1-4H3. The van der Waals surface area contributed by atoms with Crippen LogP contribution in [0.15, 0.2) is 24.3 Å². The average molecular weight is 271 g/mol. The van der Waals surface area contributed by atoms with E-state index in [1.165, 1.54) is 0 Å². The van der Waals surface area contributed by atoms with Crippen LogP contribution >= 0.6 is 0 Å². The first-order chi connectivity index (χ1) is 9.47. The van der Waals surface area contributed by atoms with Gasteiger partial charge < -0.3 is 4.74 Å². The van der Waals surface area contributed by atoms with E-state index in [0.29, 0.717) is 0 Å². The van der Waals surface area contributed by atoms with Crippen molar-refractivity contribution in [1.29, 1.82) is 5.26 Å². The molecule has 1 aromatic carbocycles. The molecule has 0 amide bonds. The smallest absolute Gasteiger partial charge is 0.160 e. The molecule has 2 rings (SSSR count). The summed E-state index contributed by atoms with van der Waals surface area (Å²) in [6.07, 6.45) is -0.0532. The second-order valence-corrected chi connectivity index (χ2v) is 5.75. The fraction of sp³-hybridized carbons (Fsp3) is 0.529. The molecular formula is C17H21NO2. The van der Waals surface area contributed by atoms with Crippen molar-refractivity contribution in [2.45, 2.75) is 45.8 Å². The Balaban J connectivity index is 2.32. The van der Waals surface area contributed by atoms with Crippen LogP contribution in [0, 0.1) is 30.1 Å². The van der Waals surface area contributed by atoms with Crippen LogP contribution in [0.3, 0.4) is 0 Å². The minimum absolute atomic E-state index is 0.00819. The normalized spacial score (nSPS) is 30.8. The van der Waals surface area contributed by atoms with E-state index in [-0.39, 0.29) is 29.8 Å². The van der Waals surface area contributed by atoms with Gasteiger partial charge in [0.1, 0.15) is 5.92 Å². The van der Waals surface area contributed by atoms with Crippen molar-refractivity contribution in [1.82, 2.24) is 0 Å². The molecule has 0 bridgehead atoms. The monoisotopic (exact) mass is 271 g/mol. The molecule has 0 aromatic heterocycles. The topological polar surface area (TPSA) is 50.1 Å². The summed E-state index contributed by atoms with van der Waals surface area (Å²) in [5.74, 6) is -0.752. The molecule has 20 heavy (non-hydrogen) atoms. The molecule has 3 heteroatoms. The summed E-state index contributed by atoms with van der Waals surface area (Å²) in [5, 5.41) is 9.46. The Labute approximate surface area is 120 Å². The maximum atomic E-state index is 12.8. The zero-order valence-corrected chi connectivity index (χ0v) is 12.5. The van der Waals surface area contributed by atoms with Crippen LogP contribution in [0.5, 0.6) is 0 Å². The number of nitriles is 1. The Bertz CT molecular complexity index is 546. The maximum Gasteiger partial charge on any atom is 0.160 e. The lowest BCUT2D eigenvalue weighted by Crippen LogP contribution is -2.31. The molecular weight excluding hydrogens is 250 g/mol. The predicted octanol–water partition coefficient (Wildman–Crippen LogP) is 3.23. The molecule has 106 valence electrons. The zero-order chi connectivity index (χ0) is 14.9. The van der Waals surface area contributed by atoms with Crippen LogP contribution in [-0.4, -0.2) is 18.0 Å². The molecule has 1 fully saturated rings. The van der Waals surface area contributed by atoms with Crippen molar-refractivity contribution in [3.63, 3.8) is 0 Å². The molecule has 0 N–H and O–H groups in total. The molecule has 3 nitrogen and oxygen atoms in total.